The number of H-pyrrole nitrogens is 1. The van der Waals surface area contributed by atoms with Crippen molar-refractivity contribution in [2.24, 2.45) is 0 Å². The first-order valence-electron chi connectivity index (χ1n) is 4.84. The summed E-state index contributed by atoms with van der Waals surface area (Å²) >= 11 is 0. The average Bonchev–Trinajstić information content (AvgIpc) is 2.83. The Bertz CT molecular complexity index is 444. The van der Waals surface area contributed by atoms with Gasteiger partial charge in [0, 0.05) is 18.3 Å². The van der Waals surface area contributed by atoms with Crippen LogP contribution in [0.4, 0.5) is 0 Å². The molecule has 1 saturated carbocycles. The van der Waals surface area contributed by atoms with Gasteiger partial charge >= 0.3 is 0 Å². The molecule has 3 rings (SSSR count). The predicted molar refractivity (Wildman–Crippen MR) is 49.9 cm³/mol. The maximum atomic E-state index is 9.16. The summed E-state index contributed by atoms with van der Waals surface area (Å²) in [4.78, 5) is 11.2. The molecule has 0 bridgehead atoms. The van der Waals surface area contributed by atoms with E-state index in [-0.39, 0.29) is 12.0 Å². The fourth-order valence-electron chi connectivity index (χ4n) is 1.67. The van der Waals surface area contributed by atoms with Gasteiger partial charge in [0.15, 0.2) is 5.82 Å². The molecule has 0 atom stereocenters. The van der Waals surface area contributed by atoms with Crippen molar-refractivity contribution in [3.05, 3.63) is 18.3 Å². The summed E-state index contributed by atoms with van der Waals surface area (Å²) in [5, 5.41) is 13.0. The topological polar surface area (TPSA) is 87.8 Å². The molecule has 1 aliphatic carbocycles. The Morgan fingerprint density at radius 3 is 3.00 bits per heavy atom. The third-order valence-corrected chi connectivity index (χ3v) is 2.61. The predicted octanol–water partition coefficient (Wildman–Crippen LogP) is 0.698. The molecule has 78 valence electrons. The lowest BCUT2D eigenvalue weighted by Gasteiger charge is -2.27. The van der Waals surface area contributed by atoms with Crippen molar-refractivity contribution in [2.45, 2.75) is 24.9 Å². The largest absolute Gasteiger partial charge is 0.393 e. The van der Waals surface area contributed by atoms with Crippen LogP contribution in [0, 0.1) is 0 Å². The molecule has 0 aliphatic heterocycles. The van der Waals surface area contributed by atoms with Crippen LogP contribution in [-0.2, 0) is 0 Å². The summed E-state index contributed by atoms with van der Waals surface area (Å²) < 4.78 is 5.11. The maximum absolute atomic E-state index is 9.16. The van der Waals surface area contributed by atoms with Crippen molar-refractivity contribution >= 4 is 0 Å². The van der Waals surface area contributed by atoms with Gasteiger partial charge in [-0.05, 0) is 12.8 Å². The van der Waals surface area contributed by atoms with Gasteiger partial charge in [0.25, 0.3) is 0 Å². The minimum absolute atomic E-state index is 0.205. The first-order valence-corrected chi connectivity index (χ1v) is 4.84. The average molecular weight is 206 g/mol. The first kappa shape index (κ1) is 8.60. The molecule has 6 nitrogen and oxygen atoms in total. The Hall–Kier alpha value is -1.69. The zero-order valence-corrected chi connectivity index (χ0v) is 7.92. The monoisotopic (exact) mass is 206 g/mol. The van der Waals surface area contributed by atoms with E-state index in [1.807, 2.05) is 0 Å². The Morgan fingerprint density at radius 1 is 1.47 bits per heavy atom. The van der Waals surface area contributed by atoms with Crippen LogP contribution < -0.4 is 0 Å². The quantitative estimate of drug-likeness (QED) is 0.755. The molecule has 0 amide bonds. The minimum atomic E-state index is -0.214. The van der Waals surface area contributed by atoms with Gasteiger partial charge in [0.1, 0.15) is 0 Å². The Balaban J connectivity index is 1.82. The van der Waals surface area contributed by atoms with Crippen LogP contribution in [0.3, 0.4) is 0 Å². The molecule has 2 aromatic heterocycles. The zero-order valence-electron chi connectivity index (χ0n) is 7.92. The van der Waals surface area contributed by atoms with E-state index in [2.05, 4.69) is 20.1 Å². The molecule has 6 heteroatoms. The second kappa shape index (κ2) is 3.16. The number of aliphatic hydroxyl groups excluding tert-OH is 1. The van der Waals surface area contributed by atoms with Crippen LogP contribution in [0.2, 0.25) is 0 Å². The smallest absolute Gasteiger partial charge is 0.238 e. The number of nitrogens with one attached hydrogen (secondary N) is 1. The number of aromatic amines is 1. The molecule has 0 saturated heterocycles. The highest BCUT2D eigenvalue weighted by Gasteiger charge is 2.33. The lowest BCUT2D eigenvalue weighted by molar-refractivity contribution is 0.0625. The molecule has 15 heavy (non-hydrogen) atoms. The normalized spacial score (nSPS) is 25.1. The van der Waals surface area contributed by atoms with Crippen LogP contribution in [0.25, 0.3) is 11.6 Å². The van der Waals surface area contributed by atoms with E-state index >= 15 is 0 Å². The summed E-state index contributed by atoms with van der Waals surface area (Å²) in [7, 11) is 0. The molecule has 1 fully saturated rings. The van der Waals surface area contributed by atoms with Gasteiger partial charge in [-0.2, -0.15) is 4.98 Å². The molecule has 1 aliphatic rings. The number of hydrogen-bond acceptors (Lipinski definition) is 5. The van der Waals surface area contributed by atoms with Crippen molar-refractivity contribution in [1.82, 2.24) is 20.1 Å². The molecule has 2 N–H and O–H groups in total. The van der Waals surface area contributed by atoms with Crippen molar-refractivity contribution in [2.75, 3.05) is 0 Å². The number of hydrogen-bond donors (Lipinski definition) is 2. The SMILES string of the molecule is OC1CC(c2nc(-c3ncc[nH]3)no2)C1. The van der Waals surface area contributed by atoms with Crippen molar-refractivity contribution in [3.63, 3.8) is 0 Å². The Morgan fingerprint density at radius 2 is 2.33 bits per heavy atom. The lowest BCUT2D eigenvalue weighted by atomic mass is 9.82. The molecule has 2 aromatic rings. The van der Waals surface area contributed by atoms with Crippen molar-refractivity contribution < 1.29 is 9.63 Å². The lowest BCUT2D eigenvalue weighted by Crippen LogP contribution is -2.26. The van der Waals surface area contributed by atoms with E-state index in [0.29, 0.717) is 30.4 Å². The number of aromatic nitrogens is 4. The number of rotatable bonds is 2. The molecule has 0 spiro atoms. The molecular formula is C9H10N4O2. The maximum Gasteiger partial charge on any atom is 0.238 e. The van der Waals surface area contributed by atoms with Crippen LogP contribution in [-0.4, -0.2) is 31.3 Å². The fraction of sp³-hybridized carbons (Fsp3) is 0.444. The standard InChI is InChI=1S/C9H10N4O2/c14-6-3-5(4-6)9-12-8(13-15-9)7-10-1-2-11-7/h1-2,5-6,14H,3-4H2,(H,10,11). The van der Waals surface area contributed by atoms with E-state index in [0.717, 1.165) is 0 Å². The van der Waals surface area contributed by atoms with Gasteiger partial charge in [-0.15, -0.1) is 0 Å². The molecule has 2 heterocycles. The van der Waals surface area contributed by atoms with E-state index < -0.39 is 0 Å². The van der Waals surface area contributed by atoms with Crippen molar-refractivity contribution in [1.29, 1.82) is 0 Å². The highest BCUT2D eigenvalue weighted by molar-refractivity contribution is 5.40. The summed E-state index contributed by atoms with van der Waals surface area (Å²) in [6, 6.07) is 0. The van der Waals surface area contributed by atoms with E-state index in [9.17, 15) is 0 Å². The summed E-state index contributed by atoms with van der Waals surface area (Å²) in [5.41, 5.74) is 0. The Labute approximate surface area is 85.4 Å². The fourth-order valence-corrected chi connectivity index (χ4v) is 1.67. The van der Waals surface area contributed by atoms with Crippen LogP contribution >= 0.6 is 0 Å². The van der Waals surface area contributed by atoms with Gasteiger partial charge in [-0.3, -0.25) is 0 Å². The molecule has 0 unspecified atom stereocenters. The number of aliphatic hydroxyl groups is 1. The third kappa shape index (κ3) is 1.42. The second-order valence-electron chi connectivity index (χ2n) is 3.72. The van der Waals surface area contributed by atoms with Crippen LogP contribution in [0.15, 0.2) is 16.9 Å². The molecule has 0 aromatic carbocycles. The van der Waals surface area contributed by atoms with Crippen molar-refractivity contribution in [3.8, 4) is 11.6 Å². The van der Waals surface area contributed by atoms with Gasteiger partial charge in [0.2, 0.25) is 11.7 Å². The molecular weight excluding hydrogens is 196 g/mol. The highest BCUT2D eigenvalue weighted by atomic mass is 16.5. The van der Waals surface area contributed by atoms with E-state index in [1.165, 1.54) is 0 Å². The second-order valence-corrected chi connectivity index (χ2v) is 3.72. The van der Waals surface area contributed by atoms with Crippen LogP contribution in [0.1, 0.15) is 24.7 Å². The summed E-state index contributed by atoms with van der Waals surface area (Å²) in [6.07, 6.45) is 4.55. The van der Waals surface area contributed by atoms with Gasteiger partial charge in [0.05, 0.1) is 6.10 Å². The van der Waals surface area contributed by atoms with Gasteiger partial charge in [-0.1, -0.05) is 5.16 Å². The first-order chi connectivity index (χ1) is 7.33. The molecule has 0 radical (unpaired) electrons. The minimum Gasteiger partial charge on any atom is -0.393 e. The van der Waals surface area contributed by atoms with E-state index in [4.69, 9.17) is 9.63 Å². The number of nitrogens with zero attached hydrogens (tertiary/aromatic N) is 3. The van der Waals surface area contributed by atoms with E-state index in [1.54, 1.807) is 12.4 Å². The van der Waals surface area contributed by atoms with Crippen LogP contribution in [0.5, 0.6) is 0 Å². The number of imidazole rings is 1. The summed E-state index contributed by atoms with van der Waals surface area (Å²) in [6.45, 7) is 0. The van der Waals surface area contributed by atoms with Gasteiger partial charge < -0.3 is 14.6 Å². The summed E-state index contributed by atoms with van der Waals surface area (Å²) in [5.74, 6) is 1.86. The zero-order chi connectivity index (χ0) is 10.3. The highest BCUT2D eigenvalue weighted by Crippen LogP contribution is 2.36. The Kier molecular flexibility index (Phi) is 1.81. The third-order valence-electron chi connectivity index (χ3n) is 2.61. The van der Waals surface area contributed by atoms with Gasteiger partial charge in [-0.25, -0.2) is 4.98 Å².